The normalized spacial score (nSPS) is 10.8. The Balaban J connectivity index is 0.00000225. The lowest BCUT2D eigenvalue weighted by Crippen LogP contribution is -2.24. The van der Waals surface area contributed by atoms with E-state index in [-0.39, 0.29) is 28.7 Å². The summed E-state index contributed by atoms with van der Waals surface area (Å²) in [6, 6.07) is 3.80. The first kappa shape index (κ1) is 15.0. The van der Waals surface area contributed by atoms with Crippen molar-refractivity contribution in [1.82, 2.24) is 4.72 Å². The van der Waals surface area contributed by atoms with E-state index in [0.717, 1.165) is 0 Å². The molecule has 16 heavy (non-hydrogen) atoms. The molecule has 0 aliphatic rings. The van der Waals surface area contributed by atoms with Crippen LogP contribution in [0.4, 0.5) is 5.69 Å². The molecule has 0 radical (unpaired) electrons. The number of nitrogens with two attached hydrogens (primary N) is 1. The molecule has 0 unspecified atom stereocenters. The summed E-state index contributed by atoms with van der Waals surface area (Å²) in [6.45, 7) is 2.25. The first-order chi connectivity index (χ1) is 6.97. The maximum atomic E-state index is 11.6. The van der Waals surface area contributed by atoms with E-state index in [1.165, 1.54) is 18.2 Å². The topological polar surface area (TPSA) is 92.4 Å². The largest absolute Gasteiger partial charge is 0.506 e. The lowest BCUT2D eigenvalue weighted by molar-refractivity contribution is 0.477. The molecule has 0 heterocycles. The molecule has 92 valence electrons. The molecule has 0 fully saturated rings. The van der Waals surface area contributed by atoms with Crippen molar-refractivity contribution in [3.8, 4) is 5.75 Å². The maximum Gasteiger partial charge on any atom is 0.240 e. The molecule has 0 atom stereocenters. The van der Waals surface area contributed by atoms with Crippen molar-refractivity contribution < 1.29 is 13.5 Å². The fraction of sp³-hybridized carbons (Fsp3) is 0.333. The van der Waals surface area contributed by atoms with Crippen LogP contribution in [0.1, 0.15) is 13.3 Å². The van der Waals surface area contributed by atoms with Crippen LogP contribution in [0.25, 0.3) is 0 Å². The molecule has 1 rings (SSSR count). The smallest absolute Gasteiger partial charge is 0.240 e. The average molecular weight is 267 g/mol. The Labute approximate surface area is 101 Å². The quantitative estimate of drug-likeness (QED) is 0.562. The van der Waals surface area contributed by atoms with Crippen molar-refractivity contribution in [2.75, 3.05) is 12.3 Å². The predicted molar refractivity (Wildman–Crippen MR) is 65.2 cm³/mol. The summed E-state index contributed by atoms with van der Waals surface area (Å²) in [4.78, 5) is 0.0613. The van der Waals surface area contributed by atoms with Gasteiger partial charge < -0.3 is 10.8 Å². The molecule has 0 bridgehead atoms. The highest BCUT2D eigenvalue weighted by Crippen LogP contribution is 2.22. The van der Waals surface area contributed by atoms with Crippen LogP contribution in [0, 0.1) is 0 Å². The number of anilines is 1. The zero-order valence-corrected chi connectivity index (χ0v) is 10.4. The highest BCUT2D eigenvalue weighted by Gasteiger charge is 2.13. The Hall–Kier alpha value is -0.980. The van der Waals surface area contributed by atoms with Gasteiger partial charge in [-0.25, -0.2) is 13.1 Å². The molecule has 7 heteroatoms. The monoisotopic (exact) mass is 266 g/mol. The fourth-order valence-electron chi connectivity index (χ4n) is 1.02. The molecular formula is C9H15ClN2O3S. The number of benzene rings is 1. The predicted octanol–water partition coefficient (Wildman–Crippen LogP) is 1.08. The number of aromatic hydroxyl groups is 1. The average Bonchev–Trinajstić information content (AvgIpc) is 2.19. The molecule has 0 aliphatic heterocycles. The Morgan fingerprint density at radius 1 is 1.44 bits per heavy atom. The van der Waals surface area contributed by atoms with Crippen LogP contribution in [-0.2, 0) is 10.0 Å². The minimum atomic E-state index is -3.50. The number of nitrogen functional groups attached to an aromatic ring is 1. The first-order valence-electron chi connectivity index (χ1n) is 4.55. The van der Waals surface area contributed by atoms with Gasteiger partial charge in [-0.15, -0.1) is 12.4 Å². The number of hydrogen-bond donors (Lipinski definition) is 3. The van der Waals surface area contributed by atoms with Gasteiger partial charge in [0, 0.05) is 6.54 Å². The van der Waals surface area contributed by atoms with Crippen LogP contribution in [0.15, 0.2) is 23.1 Å². The zero-order chi connectivity index (χ0) is 11.5. The maximum absolute atomic E-state index is 11.6. The van der Waals surface area contributed by atoms with E-state index in [4.69, 9.17) is 10.8 Å². The highest BCUT2D eigenvalue weighted by molar-refractivity contribution is 7.89. The van der Waals surface area contributed by atoms with Crippen molar-refractivity contribution in [2.24, 2.45) is 0 Å². The second-order valence-electron chi connectivity index (χ2n) is 3.12. The molecule has 0 saturated heterocycles. The van der Waals surface area contributed by atoms with Gasteiger partial charge in [0.05, 0.1) is 10.6 Å². The summed E-state index contributed by atoms with van der Waals surface area (Å²) < 4.78 is 25.6. The number of phenols is 1. The Morgan fingerprint density at radius 2 is 2.06 bits per heavy atom. The van der Waals surface area contributed by atoms with Gasteiger partial charge in [-0.3, -0.25) is 0 Å². The number of sulfonamides is 1. The van der Waals surface area contributed by atoms with Crippen molar-refractivity contribution in [1.29, 1.82) is 0 Å². The van der Waals surface area contributed by atoms with E-state index in [9.17, 15) is 8.42 Å². The Kier molecular flexibility index (Phi) is 5.57. The Morgan fingerprint density at radius 3 is 2.56 bits per heavy atom. The fourth-order valence-corrected chi connectivity index (χ4v) is 2.19. The van der Waals surface area contributed by atoms with Gasteiger partial charge in [-0.2, -0.15) is 0 Å². The number of rotatable bonds is 4. The van der Waals surface area contributed by atoms with Crippen molar-refractivity contribution in [2.45, 2.75) is 18.2 Å². The van der Waals surface area contributed by atoms with Gasteiger partial charge in [-0.1, -0.05) is 6.92 Å². The van der Waals surface area contributed by atoms with Gasteiger partial charge in [0.15, 0.2) is 0 Å². The highest BCUT2D eigenvalue weighted by atomic mass is 35.5. The van der Waals surface area contributed by atoms with Crippen molar-refractivity contribution in [3.05, 3.63) is 18.2 Å². The van der Waals surface area contributed by atoms with Crippen LogP contribution in [0.3, 0.4) is 0 Å². The third-order valence-corrected chi connectivity index (χ3v) is 3.31. The molecule has 5 nitrogen and oxygen atoms in total. The van der Waals surface area contributed by atoms with Gasteiger partial charge in [-0.05, 0) is 24.6 Å². The van der Waals surface area contributed by atoms with E-state index >= 15 is 0 Å². The van der Waals surface area contributed by atoms with Crippen molar-refractivity contribution >= 4 is 28.1 Å². The first-order valence-corrected chi connectivity index (χ1v) is 6.04. The van der Waals surface area contributed by atoms with Crippen LogP contribution in [0.2, 0.25) is 0 Å². The Bertz CT molecular complexity index is 448. The second-order valence-corrected chi connectivity index (χ2v) is 4.89. The standard InChI is InChI=1S/C9H14N2O3S.ClH/c1-2-5-11-15(13,14)7-3-4-9(12)8(10)6-7;/h3-4,6,11-12H,2,5,10H2,1H3;1H. The summed E-state index contributed by atoms with van der Waals surface area (Å²) >= 11 is 0. The third kappa shape index (κ3) is 3.55. The van der Waals surface area contributed by atoms with E-state index in [1.807, 2.05) is 6.92 Å². The minimum absolute atomic E-state index is 0. The van der Waals surface area contributed by atoms with E-state index in [0.29, 0.717) is 13.0 Å². The van der Waals surface area contributed by atoms with Crippen LogP contribution in [0.5, 0.6) is 5.75 Å². The van der Waals surface area contributed by atoms with E-state index in [1.54, 1.807) is 0 Å². The molecular weight excluding hydrogens is 252 g/mol. The van der Waals surface area contributed by atoms with E-state index in [2.05, 4.69) is 4.72 Å². The van der Waals surface area contributed by atoms with Gasteiger partial charge in [0.25, 0.3) is 0 Å². The molecule has 1 aromatic carbocycles. The third-order valence-electron chi connectivity index (χ3n) is 1.85. The van der Waals surface area contributed by atoms with Crippen LogP contribution in [-0.4, -0.2) is 20.1 Å². The lowest BCUT2D eigenvalue weighted by atomic mass is 10.3. The molecule has 0 saturated carbocycles. The molecule has 0 aliphatic carbocycles. The number of nitrogens with one attached hydrogen (secondary N) is 1. The van der Waals surface area contributed by atoms with Gasteiger partial charge >= 0.3 is 0 Å². The molecule has 4 N–H and O–H groups in total. The van der Waals surface area contributed by atoms with Gasteiger partial charge in [0.1, 0.15) is 5.75 Å². The summed E-state index contributed by atoms with van der Waals surface area (Å²) in [5, 5.41) is 9.15. The zero-order valence-electron chi connectivity index (χ0n) is 8.80. The van der Waals surface area contributed by atoms with Crippen LogP contribution < -0.4 is 10.5 Å². The summed E-state index contributed by atoms with van der Waals surface area (Å²) in [5.41, 5.74) is 5.45. The van der Waals surface area contributed by atoms with Gasteiger partial charge in [0.2, 0.25) is 10.0 Å². The number of phenolic OH excluding ortho intramolecular Hbond substituents is 1. The molecule has 0 amide bonds. The lowest BCUT2D eigenvalue weighted by Gasteiger charge is -2.06. The molecule has 0 aromatic heterocycles. The molecule has 1 aromatic rings. The minimum Gasteiger partial charge on any atom is -0.506 e. The number of halogens is 1. The van der Waals surface area contributed by atoms with Crippen molar-refractivity contribution in [3.63, 3.8) is 0 Å². The second kappa shape index (κ2) is 5.93. The van der Waals surface area contributed by atoms with Crippen LogP contribution >= 0.6 is 12.4 Å². The summed E-state index contributed by atoms with van der Waals surface area (Å²) in [7, 11) is -3.50. The SMILES string of the molecule is CCCNS(=O)(=O)c1ccc(O)c(N)c1.Cl. The molecule has 0 spiro atoms. The number of hydrogen-bond acceptors (Lipinski definition) is 4. The van der Waals surface area contributed by atoms with E-state index < -0.39 is 10.0 Å². The summed E-state index contributed by atoms with van der Waals surface area (Å²) in [6.07, 6.45) is 0.715. The summed E-state index contributed by atoms with van der Waals surface area (Å²) in [5.74, 6) is -0.121.